The van der Waals surface area contributed by atoms with Crippen LogP contribution < -0.4 is 16.0 Å². The van der Waals surface area contributed by atoms with Crippen LogP contribution in [-0.4, -0.2) is 11.6 Å². The van der Waals surface area contributed by atoms with Crippen molar-refractivity contribution in [3.05, 3.63) is 24.0 Å². The fourth-order valence-corrected chi connectivity index (χ4v) is 3.65. The fourth-order valence-electron chi connectivity index (χ4n) is 3.65. The predicted molar refractivity (Wildman–Crippen MR) is 69.8 cm³/mol. The van der Waals surface area contributed by atoms with Crippen LogP contribution in [0.4, 0.5) is 0 Å². The van der Waals surface area contributed by atoms with Gasteiger partial charge in [0, 0.05) is 6.20 Å². The van der Waals surface area contributed by atoms with Crippen LogP contribution in [0, 0.1) is 17.8 Å². The van der Waals surface area contributed by atoms with Gasteiger partial charge < -0.3 is 4.74 Å². The maximum absolute atomic E-state index is 5.75. The van der Waals surface area contributed by atoms with Crippen molar-refractivity contribution in [2.75, 3.05) is 6.61 Å². The summed E-state index contributed by atoms with van der Waals surface area (Å²) in [5.41, 5.74) is 4.14. The second-order valence-electron chi connectivity index (χ2n) is 5.37. The predicted octanol–water partition coefficient (Wildman–Crippen LogP) is 2.03. The maximum Gasteiger partial charge on any atom is 0.137 e. The number of rotatable bonds is 5. The third kappa shape index (κ3) is 1.99. The van der Waals surface area contributed by atoms with E-state index in [0.717, 1.165) is 23.1 Å². The minimum atomic E-state index is 0.230. The van der Waals surface area contributed by atoms with Gasteiger partial charge in [-0.15, -0.1) is 0 Å². The molecule has 0 saturated heterocycles. The zero-order valence-electron chi connectivity index (χ0n) is 10.8. The fraction of sp³-hybridized carbons (Fsp3) is 0.643. The largest absolute Gasteiger partial charge is 0.492 e. The first kappa shape index (κ1) is 11.9. The molecule has 0 aliphatic heterocycles. The van der Waals surface area contributed by atoms with Gasteiger partial charge in [0.05, 0.1) is 18.8 Å². The van der Waals surface area contributed by atoms with E-state index in [1.165, 1.54) is 19.3 Å². The summed E-state index contributed by atoms with van der Waals surface area (Å²) in [5, 5.41) is 0. The number of hydrogen-bond donors (Lipinski definition) is 2. The van der Waals surface area contributed by atoms with E-state index in [1.54, 1.807) is 6.20 Å². The average molecular weight is 247 g/mol. The van der Waals surface area contributed by atoms with Crippen LogP contribution in [0.15, 0.2) is 18.5 Å². The highest BCUT2D eigenvalue weighted by Crippen LogP contribution is 2.62. The second-order valence-corrected chi connectivity index (χ2v) is 5.37. The molecule has 0 amide bonds. The molecule has 3 unspecified atom stereocenters. The molecule has 98 valence electrons. The van der Waals surface area contributed by atoms with E-state index in [9.17, 15) is 0 Å². The molecule has 3 N–H and O–H groups in total. The summed E-state index contributed by atoms with van der Waals surface area (Å²) in [6, 6.07) is 2.29. The lowest BCUT2D eigenvalue weighted by molar-refractivity contribution is 0.336. The Hall–Kier alpha value is -1.13. The van der Waals surface area contributed by atoms with E-state index < -0.39 is 0 Å². The number of hydrogen-bond acceptors (Lipinski definition) is 4. The Balaban J connectivity index is 1.77. The van der Waals surface area contributed by atoms with Crippen molar-refractivity contribution in [2.45, 2.75) is 32.2 Å². The van der Waals surface area contributed by atoms with E-state index in [2.05, 4.69) is 16.5 Å². The summed E-state index contributed by atoms with van der Waals surface area (Å²) in [6.07, 6.45) is 7.79. The summed E-state index contributed by atoms with van der Waals surface area (Å²) in [6.45, 7) is 2.65. The minimum absolute atomic E-state index is 0.230. The van der Waals surface area contributed by atoms with Crippen molar-refractivity contribution in [3.8, 4) is 5.75 Å². The summed E-state index contributed by atoms with van der Waals surface area (Å²) in [4.78, 5) is 4.26. The SMILES string of the molecule is CCOc1cncc(C(NN)C2C3CCCC32)c1. The highest BCUT2D eigenvalue weighted by molar-refractivity contribution is 5.28. The zero-order chi connectivity index (χ0) is 12.5. The Bertz CT molecular complexity index is 413. The molecular weight excluding hydrogens is 226 g/mol. The number of nitrogens with one attached hydrogen (secondary N) is 1. The molecule has 4 nitrogen and oxygen atoms in total. The highest BCUT2D eigenvalue weighted by atomic mass is 16.5. The second kappa shape index (κ2) is 4.86. The summed E-state index contributed by atoms with van der Waals surface area (Å²) >= 11 is 0. The van der Waals surface area contributed by atoms with Crippen LogP contribution in [0.5, 0.6) is 5.75 Å². The minimum Gasteiger partial charge on any atom is -0.492 e. The zero-order valence-corrected chi connectivity index (χ0v) is 10.8. The molecule has 2 aliphatic carbocycles. The van der Waals surface area contributed by atoms with Crippen LogP contribution in [0.3, 0.4) is 0 Å². The first-order chi connectivity index (χ1) is 8.85. The molecule has 4 heteroatoms. The molecule has 3 rings (SSSR count). The van der Waals surface area contributed by atoms with Crippen LogP contribution in [-0.2, 0) is 0 Å². The monoisotopic (exact) mass is 247 g/mol. The third-order valence-electron chi connectivity index (χ3n) is 4.44. The molecule has 2 saturated carbocycles. The number of aromatic nitrogens is 1. The van der Waals surface area contributed by atoms with Crippen molar-refractivity contribution in [3.63, 3.8) is 0 Å². The van der Waals surface area contributed by atoms with Crippen LogP contribution in [0.2, 0.25) is 0 Å². The summed E-state index contributed by atoms with van der Waals surface area (Å²) in [5.74, 6) is 9.04. The highest BCUT2D eigenvalue weighted by Gasteiger charge is 2.56. The maximum atomic E-state index is 5.75. The van der Waals surface area contributed by atoms with Gasteiger partial charge in [0.1, 0.15) is 5.75 Å². The number of fused-ring (bicyclic) bond motifs is 1. The van der Waals surface area contributed by atoms with Gasteiger partial charge in [-0.3, -0.25) is 16.3 Å². The van der Waals surface area contributed by atoms with Gasteiger partial charge in [-0.2, -0.15) is 0 Å². The lowest BCUT2D eigenvalue weighted by Gasteiger charge is -2.18. The molecule has 1 heterocycles. The van der Waals surface area contributed by atoms with Gasteiger partial charge in [-0.1, -0.05) is 6.42 Å². The average Bonchev–Trinajstić information content (AvgIpc) is 2.86. The number of nitrogens with two attached hydrogens (primary N) is 1. The van der Waals surface area contributed by atoms with Gasteiger partial charge in [-0.05, 0) is 49.1 Å². The molecule has 1 aromatic heterocycles. The molecular formula is C14H21N3O. The number of nitrogens with zero attached hydrogens (tertiary/aromatic N) is 1. The molecule has 0 bridgehead atoms. The van der Waals surface area contributed by atoms with Crippen LogP contribution in [0.1, 0.15) is 37.8 Å². The van der Waals surface area contributed by atoms with Gasteiger partial charge in [0.2, 0.25) is 0 Å². The first-order valence-corrected chi connectivity index (χ1v) is 6.89. The lowest BCUT2D eigenvalue weighted by Crippen LogP contribution is -2.30. The standard InChI is InChI=1S/C14H21N3O/c1-2-18-10-6-9(7-16-8-10)14(17-15)13-11-4-3-5-12(11)13/h6-8,11-14,17H,2-5,15H2,1H3. The number of pyridine rings is 1. The van der Waals surface area contributed by atoms with Gasteiger partial charge in [0.15, 0.2) is 0 Å². The van der Waals surface area contributed by atoms with Gasteiger partial charge in [-0.25, -0.2) is 0 Å². The van der Waals surface area contributed by atoms with E-state index >= 15 is 0 Å². The molecule has 2 fully saturated rings. The third-order valence-corrected chi connectivity index (χ3v) is 4.44. The first-order valence-electron chi connectivity index (χ1n) is 6.89. The molecule has 0 aromatic carbocycles. The van der Waals surface area contributed by atoms with Crippen LogP contribution >= 0.6 is 0 Å². The smallest absolute Gasteiger partial charge is 0.137 e. The molecule has 2 aliphatic rings. The summed E-state index contributed by atoms with van der Waals surface area (Å²) in [7, 11) is 0. The lowest BCUT2D eigenvalue weighted by atomic mass is 9.99. The van der Waals surface area contributed by atoms with E-state index in [4.69, 9.17) is 10.6 Å². The van der Waals surface area contributed by atoms with E-state index in [1.807, 2.05) is 13.1 Å². The Morgan fingerprint density at radius 2 is 2.22 bits per heavy atom. The quantitative estimate of drug-likeness (QED) is 0.617. The van der Waals surface area contributed by atoms with Crippen molar-refractivity contribution in [1.82, 2.24) is 10.4 Å². The Labute approximate surface area is 108 Å². The Morgan fingerprint density at radius 1 is 1.44 bits per heavy atom. The number of hydrazine groups is 1. The molecule has 18 heavy (non-hydrogen) atoms. The van der Waals surface area contributed by atoms with Crippen LogP contribution in [0.25, 0.3) is 0 Å². The van der Waals surface area contributed by atoms with Gasteiger partial charge in [0.25, 0.3) is 0 Å². The molecule has 0 spiro atoms. The van der Waals surface area contributed by atoms with Gasteiger partial charge >= 0.3 is 0 Å². The molecule has 0 radical (unpaired) electrons. The van der Waals surface area contributed by atoms with Crippen molar-refractivity contribution in [2.24, 2.45) is 23.6 Å². The molecule has 3 atom stereocenters. The molecule has 1 aromatic rings. The Morgan fingerprint density at radius 3 is 2.89 bits per heavy atom. The van der Waals surface area contributed by atoms with Crippen molar-refractivity contribution in [1.29, 1.82) is 0 Å². The van der Waals surface area contributed by atoms with E-state index in [0.29, 0.717) is 12.5 Å². The topological polar surface area (TPSA) is 60.2 Å². The van der Waals surface area contributed by atoms with E-state index in [-0.39, 0.29) is 6.04 Å². The number of ether oxygens (including phenoxy) is 1. The van der Waals surface area contributed by atoms with Crippen molar-refractivity contribution >= 4 is 0 Å². The Kier molecular flexibility index (Phi) is 3.22. The summed E-state index contributed by atoms with van der Waals surface area (Å²) < 4.78 is 5.50. The van der Waals surface area contributed by atoms with Crippen molar-refractivity contribution < 1.29 is 4.74 Å². The normalized spacial score (nSPS) is 30.9.